The van der Waals surface area contributed by atoms with Crippen LogP contribution in [0.1, 0.15) is 0 Å². The lowest BCUT2D eigenvalue weighted by atomic mass is 10.3. The fourth-order valence-corrected chi connectivity index (χ4v) is 3.01. The quantitative estimate of drug-likeness (QED) is 0.391. The van der Waals surface area contributed by atoms with Gasteiger partial charge in [-0.05, 0) is 28.8 Å². The number of aromatic amines is 2. The zero-order valence-electron chi connectivity index (χ0n) is 9.04. The maximum absolute atomic E-state index is 12.0. The van der Waals surface area contributed by atoms with Crippen LogP contribution in [0.15, 0.2) is 9.95 Å². The third-order valence-corrected chi connectivity index (χ3v) is 3.99. The van der Waals surface area contributed by atoms with Crippen molar-refractivity contribution in [3.05, 3.63) is 14.1 Å². The standard InChI is InChI=1S/C9H8IN5OS/c1-15-5-4(13-14-6(5)10)3-7(15)11-9(17-2)12-8(3)16/h1-2H3,(H,13,14)(H,11,12,16). The molecule has 17 heavy (non-hydrogen) atoms. The van der Waals surface area contributed by atoms with Gasteiger partial charge in [-0.15, -0.1) is 0 Å². The summed E-state index contributed by atoms with van der Waals surface area (Å²) < 4.78 is 2.80. The average Bonchev–Trinajstić information content (AvgIpc) is 2.81. The van der Waals surface area contributed by atoms with Crippen molar-refractivity contribution in [2.75, 3.05) is 6.26 Å². The Balaban J connectivity index is 2.62. The van der Waals surface area contributed by atoms with E-state index in [0.29, 0.717) is 21.7 Å². The smallest absolute Gasteiger partial charge is 0.263 e. The molecule has 0 aliphatic carbocycles. The van der Waals surface area contributed by atoms with Crippen molar-refractivity contribution in [1.29, 1.82) is 0 Å². The molecule has 0 atom stereocenters. The summed E-state index contributed by atoms with van der Waals surface area (Å²) in [6, 6.07) is 0. The van der Waals surface area contributed by atoms with Gasteiger partial charge in [0.2, 0.25) is 0 Å². The highest BCUT2D eigenvalue weighted by atomic mass is 127. The number of hydrogen-bond acceptors (Lipinski definition) is 4. The van der Waals surface area contributed by atoms with Crippen molar-refractivity contribution >= 4 is 56.4 Å². The number of halogens is 1. The minimum atomic E-state index is -0.146. The van der Waals surface area contributed by atoms with Crippen LogP contribution in [0.3, 0.4) is 0 Å². The van der Waals surface area contributed by atoms with E-state index >= 15 is 0 Å². The zero-order valence-corrected chi connectivity index (χ0v) is 12.0. The van der Waals surface area contributed by atoms with Crippen LogP contribution in [0.4, 0.5) is 0 Å². The van der Waals surface area contributed by atoms with E-state index in [4.69, 9.17) is 0 Å². The van der Waals surface area contributed by atoms with Gasteiger partial charge in [-0.3, -0.25) is 9.89 Å². The molecule has 0 saturated carbocycles. The first kappa shape index (κ1) is 11.1. The van der Waals surface area contributed by atoms with Crippen molar-refractivity contribution in [2.45, 2.75) is 5.16 Å². The molecule has 0 unspecified atom stereocenters. The summed E-state index contributed by atoms with van der Waals surface area (Å²) in [6.07, 6.45) is 1.88. The monoisotopic (exact) mass is 361 g/mol. The molecule has 0 aliphatic heterocycles. The van der Waals surface area contributed by atoms with Gasteiger partial charge in [-0.1, -0.05) is 11.8 Å². The Bertz CT molecular complexity index is 786. The summed E-state index contributed by atoms with van der Waals surface area (Å²) in [5.74, 6) is 0. The van der Waals surface area contributed by atoms with Gasteiger partial charge in [0.15, 0.2) is 10.8 Å². The van der Waals surface area contributed by atoms with E-state index in [9.17, 15) is 4.79 Å². The first-order chi connectivity index (χ1) is 8.13. The van der Waals surface area contributed by atoms with Crippen LogP contribution in [0.2, 0.25) is 0 Å². The van der Waals surface area contributed by atoms with Crippen molar-refractivity contribution in [3.63, 3.8) is 0 Å². The van der Waals surface area contributed by atoms with E-state index in [1.165, 1.54) is 11.8 Å². The molecule has 88 valence electrons. The minimum Gasteiger partial charge on any atom is -0.325 e. The van der Waals surface area contributed by atoms with Crippen LogP contribution >= 0.6 is 34.4 Å². The number of nitrogens with one attached hydrogen (secondary N) is 2. The lowest BCUT2D eigenvalue weighted by Crippen LogP contribution is -2.09. The Labute approximate surface area is 113 Å². The summed E-state index contributed by atoms with van der Waals surface area (Å²) in [7, 11) is 1.89. The van der Waals surface area contributed by atoms with Gasteiger partial charge in [0.05, 0.1) is 0 Å². The van der Waals surface area contributed by atoms with E-state index in [-0.39, 0.29) is 5.56 Å². The van der Waals surface area contributed by atoms with Gasteiger partial charge >= 0.3 is 0 Å². The van der Waals surface area contributed by atoms with Crippen molar-refractivity contribution in [1.82, 2.24) is 24.7 Å². The molecule has 3 heterocycles. The second kappa shape index (κ2) is 3.73. The van der Waals surface area contributed by atoms with E-state index in [0.717, 1.165) is 9.22 Å². The van der Waals surface area contributed by atoms with Gasteiger partial charge in [-0.2, -0.15) is 5.10 Å². The summed E-state index contributed by atoms with van der Waals surface area (Å²) in [5, 5.41) is 8.20. The Morgan fingerprint density at radius 3 is 2.94 bits per heavy atom. The van der Waals surface area contributed by atoms with E-state index in [1.54, 1.807) is 0 Å². The molecule has 0 radical (unpaired) electrons. The molecule has 0 aromatic carbocycles. The maximum atomic E-state index is 12.0. The predicted molar refractivity (Wildman–Crippen MR) is 75.5 cm³/mol. The predicted octanol–water partition coefficient (Wildman–Crippen LogP) is 1.46. The largest absolute Gasteiger partial charge is 0.325 e. The first-order valence-electron chi connectivity index (χ1n) is 4.79. The molecular weight excluding hydrogens is 353 g/mol. The van der Waals surface area contributed by atoms with E-state index in [2.05, 4.69) is 42.8 Å². The molecular formula is C9H8IN5OS. The third-order valence-electron chi connectivity index (χ3n) is 2.66. The highest BCUT2D eigenvalue weighted by molar-refractivity contribution is 14.1. The lowest BCUT2D eigenvalue weighted by Gasteiger charge is -1.98. The fraction of sp³-hybridized carbons (Fsp3) is 0.222. The van der Waals surface area contributed by atoms with Crippen molar-refractivity contribution in [2.24, 2.45) is 7.05 Å². The topological polar surface area (TPSA) is 79.4 Å². The van der Waals surface area contributed by atoms with Crippen LogP contribution in [-0.2, 0) is 7.05 Å². The van der Waals surface area contributed by atoms with Crippen molar-refractivity contribution < 1.29 is 0 Å². The summed E-state index contributed by atoms with van der Waals surface area (Å²) in [6.45, 7) is 0. The minimum absolute atomic E-state index is 0.146. The van der Waals surface area contributed by atoms with Gasteiger partial charge in [0, 0.05) is 7.05 Å². The number of fused-ring (bicyclic) bond motifs is 3. The first-order valence-corrected chi connectivity index (χ1v) is 7.10. The van der Waals surface area contributed by atoms with Gasteiger partial charge in [0.25, 0.3) is 5.56 Å². The van der Waals surface area contributed by atoms with Crippen LogP contribution in [-0.4, -0.2) is 31.0 Å². The van der Waals surface area contributed by atoms with Crippen LogP contribution < -0.4 is 5.56 Å². The number of H-pyrrole nitrogens is 2. The Hall–Kier alpha value is -1.03. The second-order valence-electron chi connectivity index (χ2n) is 3.57. The molecule has 3 aromatic heterocycles. The number of hydrogen-bond donors (Lipinski definition) is 2. The van der Waals surface area contributed by atoms with Gasteiger partial charge in [-0.25, -0.2) is 4.98 Å². The normalized spacial score (nSPS) is 11.7. The molecule has 0 spiro atoms. The molecule has 0 saturated heterocycles. The molecule has 3 aromatic rings. The average molecular weight is 361 g/mol. The van der Waals surface area contributed by atoms with Crippen molar-refractivity contribution in [3.8, 4) is 0 Å². The second-order valence-corrected chi connectivity index (χ2v) is 5.44. The Morgan fingerprint density at radius 2 is 2.24 bits per heavy atom. The van der Waals surface area contributed by atoms with E-state index < -0.39 is 0 Å². The number of nitrogens with zero attached hydrogens (tertiary/aromatic N) is 3. The number of rotatable bonds is 1. The van der Waals surface area contributed by atoms with Crippen LogP contribution in [0.25, 0.3) is 22.1 Å². The van der Waals surface area contributed by atoms with Gasteiger partial charge < -0.3 is 9.55 Å². The maximum Gasteiger partial charge on any atom is 0.263 e. The zero-order chi connectivity index (χ0) is 12.2. The molecule has 0 fully saturated rings. The Morgan fingerprint density at radius 1 is 1.47 bits per heavy atom. The third kappa shape index (κ3) is 1.43. The van der Waals surface area contributed by atoms with Crippen LogP contribution in [0.5, 0.6) is 0 Å². The summed E-state index contributed by atoms with van der Waals surface area (Å²) >= 11 is 3.57. The molecule has 0 amide bonds. The summed E-state index contributed by atoms with van der Waals surface area (Å²) in [5.41, 5.74) is 2.11. The molecule has 6 nitrogen and oxygen atoms in total. The lowest BCUT2D eigenvalue weighted by molar-refractivity contribution is 0.913. The van der Waals surface area contributed by atoms with Crippen LogP contribution in [0, 0.1) is 3.70 Å². The highest BCUT2D eigenvalue weighted by Crippen LogP contribution is 2.26. The number of aromatic nitrogens is 5. The molecule has 0 bridgehead atoms. The highest BCUT2D eigenvalue weighted by Gasteiger charge is 2.18. The molecule has 8 heteroatoms. The SMILES string of the molecule is CSc1nc2c(c(=O)[nH]1)c1n[nH]c(I)c1n2C. The Kier molecular flexibility index (Phi) is 2.43. The number of thioether (sulfide) groups is 1. The summed E-state index contributed by atoms with van der Waals surface area (Å²) in [4.78, 5) is 19.2. The van der Waals surface area contributed by atoms with Gasteiger partial charge in [0.1, 0.15) is 20.1 Å². The fourth-order valence-electron chi connectivity index (χ4n) is 1.90. The molecule has 2 N–H and O–H groups in total. The number of aryl methyl sites for hydroxylation is 1. The van der Waals surface area contributed by atoms with E-state index in [1.807, 2.05) is 17.9 Å². The molecule has 0 aliphatic rings. The molecule has 3 rings (SSSR count).